The minimum atomic E-state index is -2.97. The summed E-state index contributed by atoms with van der Waals surface area (Å²) < 4.78 is 42.8. The first-order valence-corrected chi connectivity index (χ1v) is 6.15. The summed E-state index contributed by atoms with van der Waals surface area (Å²) in [5.41, 5.74) is 9.49. The lowest BCUT2D eigenvalue weighted by Crippen LogP contribution is -2.44. The van der Waals surface area contributed by atoms with Gasteiger partial charge in [0, 0.05) is 17.4 Å². The second-order valence-corrected chi connectivity index (χ2v) is 4.84. The summed E-state index contributed by atoms with van der Waals surface area (Å²) in [6.07, 6.45) is -1.54. The van der Waals surface area contributed by atoms with Gasteiger partial charge in [-0.1, -0.05) is 0 Å². The maximum absolute atomic E-state index is 14.1. The van der Waals surface area contributed by atoms with Crippen molar-refractivity contribution >= 4 is 11.5 Å². The summed E-state index contributed by atoms with van der Waals surface area (Å²) in [4.78, 5) is 3.89. The Balaban J connectivity index is 2.23. The molecule has 0 saturated heterocycles. The second kappa shape index (κ2) is 4.51. The van der Waals surface area contributed by atoms with Gasteiger partial charge in [-0.2, -0.15) is 5.10 Å². The summed E-state index contributed by atoms with van der Waals surface area (Å²) in [5, 5.41) is 3.93. The normalized spacial score (nSPS) is 21.2. The molecule has 1 aliphatic rings. The van der Waals surface area contributed by atoms with Crippen LogP contribution in [-0.4, -0.2) is 22.0 Å². The van der Waals surface area contributed by atoms with Crippen molar-refractivity contribution < 1.29 is 13.2 Å². The van der Waals surface area contributed by atoms with Crippen molar-refractivity contribution in [2.45, 2.75) is 18.5 Å². The molecule has 3 rings (SSSR count). The van der Waals surface area contributed by atoms with Gasteiger partial charge < -0.3 is 11.5 Å². The molecule has 1 aliphatic heterocycles. The summed E-state index contributed by atoms with van der Waals surface area (Å²) in [5.74, 6) is -0.919. The number of alkyl halides is 2. The average Bonchev–Trinajstić information content (AvgIpc) is 2.89. The number of nitrogens with zero attached hydrogens (tertiary/aromatic N) is 3. The zero-order valence-electron chi connectivity index (χ0n) is 10.8. The Morgan fingerprint density at radius 3 is 2.71 bits per heavy atom. The fourth-order valence-electron chi connectivity index (χ4n) is 2.47. The molecular formula is C13H12F3N5. The van der Waals surface area contributed by atoms with Crippen LogP contribution in [0.15, 0.2) is 35.5 Å². The summed E-state index contributed by atoms with van der Waals surface area (Å²) in [6, 6.07) is 5.06. The Morgan fingerprint density at radius 2 is 2.00 bits per heavy atom. The van der Waals surface area contributed by atoms with E-state index in [9.17, 15) is 13.2 Å². The Labute approximate surface area is 118 Å². The fraction of sp³-hybridized carbons (Fsp3) is 0.231. The van der Waals surface area contributed by atoms with Gasteiger partial charge in [0.2, 0.25) is 0 Å². The van der Waals surface area contributed by atoms with Crippen molar-refractivity contribution in [3.8, 4) is 0 Å². The molecule has 4 N–H and O–H groups in total. The number of fused-ring (bicyclic) bond motifs is 1. The van der Waals surface area contributed by atoms with E-state index in [4.69, 9.17) is 11.5 Å². The monoisotopic (exact) mass is 295 g/mol. The van der Waals surface area contributed by atoms with Gasteiger partial charge in [-0.25, -0.2) is 18.2 Å². The molecule has 8 heteroatoms. The number of aliphatic imine (C=N–C) groups is 1. The number of rotatable bonds is 2. The van der Waals surface area contributed by atoms with E-state index in [0.29, 0.717) is 5.69 Å². The first-order valence-electron chi connectivity index (χ1n) is 6.15. The van der Waals surface area contributed by atoms with Crippen LogP contribution in [0, 0.1) is 5.82 Å². The molecule has 21 heavy (non-hydrogen) atoms. The number of anilines is 1. The van der Waals surface area contributed by atoms with Crippen LogP contribution in [0.2, 0.25) is 0 Å². The summed E-state index contributed by atoms with van der Waals surface area (Å²) in [7, 11) is 0. The molecule has 0 saturated carbocycles. The molecule has 0 bridgehead atoms. The molecule has 110 valence electrons. The number of halogens is 3. The van der Waals surface area contributed by atoms with Crippen LogP contribution in [0.1, 0.15) is 11.3 Å². The van der Waals surface area contributed by atoms with Crippen LogP contribution < -0.4 is 11.5 Å². The maximum atomic E-state index is 14.1. The number of nitrogen functional groups attached to an aromatic ring is 1. The van der Waals surface area contributed by atoms with Gasteiger partial charge in [0.15, 0.2) is 5.54 Å². The van der Waals surface area contributed by atoms with Crippen LogP contribution in [0.25, 0.3) is 0 Å². The van der Waals surface area contributed by atoms with E-state index in [0.717, 1.165) is 12.1 Å². The van der Waals surface area contributed by atoms with E-state index in [1.54, 1.807) is 6.07 Å². The number of benzene rings is 1. The highest BCUT2D eigenvalue weighted by Gasteiger charge is 2.47. The molecule has 0 amide bonds. The SMILES string of the molecule is NC1=NC(c2cc(N)ccc2F)(C(F)F)Cn2nccc21. The first kappa shape index (κ1) is 13.5. The highest BCUT2D eigenvalue weighted by molar-refractivity contribution is 5.96. The van der Waals surface area contributed by atoms with Crippen molar-refractivity contribution in [3.63, 3.8) is 0 Å². The quantitative estimate of drug-likeness (QED) is 0.823. The van der Waals surface area contributed by atoms with Crippen LogP contribution in [0.4, 0.5) is 18.9 Å². The van der Waals surface area contributed by atoms with Crippen LogP contribution in [0.5, 0.6) is 0 Å². The van der Waals surface area contributed by atoms with Gasteiger partial charge in [0.1, 0.15) is 17.3 Å². The van der Waals surface area contributed by atoms with Crippen LogP contribution >= 0.6 is 0 Å². The number of hydrogen-bond acceptors (Lipinski definition) is 4. The lowest BCUT2D eigenvalue weighted by molar-refractivity contribution is 0.0364. The van der Waals surface area contributed by atoms with Crippen molar-refractivity contribution in [3.05, 3.63) is 47.5 Å². The van der Waals surface area contributed by atoms with E-state index in [2.05, 4.69) is 10.1 Å². The van der Waals surface area contributed by atoms with Crippen LogP contribution in [-0.2, 0) is 12.1 Å². The summed E-state index contributed by atoms with van der Waals surface area (Å²) >= 11 is 0. The predicted molar refractivity (Wildman–Crippen MR) is 71.4 cm³/mol. The molecule has 0 fully saturated rings. The lowest BCUT2D eigenvalue weighted by Gasteiger charge is -2.33. The molecular weight excluding hydrogens is 283 g/mol. The zero-order valence-corrected chi connectivity index (χ0v) is 10.8. The smallest absolute Gasteiger partial charge is 0.269 e. The van der Waals surface area contributed by atoms with Gasteiger partial charge in [-0.05, 0) is 24.3 Å². The molecule has 2 heterocycles. The van der Waals surface area contributed by atoms with E-state index in [1.165, 1.54) is 16.9 Å². The van der Waals surface area contributed by atoms with Gasteiger partial charge in [-0.3, -0.25) is 4.68 Å². The van der Waals surface area contributed by atoms with Crippen molar-refractivity contribution in [1.82, 2.24) is 9.78 Å². The van der Waals surface area contributed by atoms with Crippen molar-refractivity contribution in [2.75, 3.05) is 5.73 Å². The van der Waals surface area contributed by atoms with Crippen molar-refractivity contribution in [1.29, 1.82) is 0 Å². The number of aromatic nitrogens is 2. The summed E-state index contributed by atoms with van der Waals surface area (Å²) in [6.45, 7) is -0.311. The number of nitrogens with two attached hydrogens (primary N) is 2. The lowest BCUT2D eigenvalue weighted by atomic mass is 9.88. The Kier molecular flexibility index (Phi) is 2.89. The van der Waals surface area contributed by atoms with E-state index < -0.39 is 17.8 Å². The number of amidine groups is 1. The highest BCUT2D eigenvalue weighted by atomic mass is 19.3. The molecule has 5 nitrogen and oxygen atoms in total. The molecule has 1 unspecified atom stereocenters. The average molecular weight is 295 g/mol. The molecule has 1 atom stereocenters. The van der Waals surface area contributed by atoms with E-state index in [-0.39, 0.29) is 23.6 Å². The first-order chi connectivity index (χ1) is 9.94. The van der Waals surface area contributed by atoms with Gasteiger partial charge >= 0.3 is 0 Å². The van der Waals surface area contributed by atoms with E-state index >= 15 is 0 Å². The fourth-order valence-corrected chi connectivity index (χ4v) is 2.47. The Morgan fingerprint density at radius 1 is 1.24 bits per heavy atom. The third kappa shape index (κ3) is 1.94. The minimum absolute atomic E-state index is 0.110. The largest absolute Gasteiger partial charge is 0.399 e. The molecule has 0 aliphatic carbocycles. The standard InChI is InChI=1S/C13H12F3N5/c14-9-2-1-7(17)5-8(9)13(12(15)16)6-21-10(3-4-19-21)11(18)20-13/h1-5,12H,6,17H2,(H2,18,20). The van der Waals surface area contributed by atoms with Gasteiger partial charge in [0.25, 0.3) is 6.43 Å². The molecule has 0 spiro atoms. The topological polar surface area (TPSA) is 82.2 Å². The van der Waals surface area contributed by atoms with E-state index in [1.807, 2.05) is 0 Å². The third-order valence-corrected chi connectivity index (χ3v) is 3.51. The van der Waals surface area contributed by atoms with Gasteiger partial charge in [-0.15, -0.1) is 0 Å². The minimum Gasteiger partial charge on any atom is -0.399 e. The molecule has 1 aromatic carbocycles. The second-order valence-electron chi connectivity index (χ2n) is 4.84. The Hall–Kier alpha value is -2.51. The molecule has 0 radical (unpaired) electrons. The predicted octanol–water partition coefficient (Wildman–Crippen LogP) is 1.48. The highest BCUT2D eigenvalue weighted by Crippen LogP contribution is 2.39. The molecule has 1 aromatic heterocycles. The Bertz CT molecular complexity index is 724. The maximum Gasteiger partial charge on any atom is 0.269 e. The number of hydrogen-bond donors (Lipinski definition) is 2. The van der Waals surface area contributed by atoms with Crippen molar-refractivity contribution in [2.24, 2.45) is 10.7 Å². The molecule has 2 aromatic rings. The third-order valence-electron chi connectivity index (χ3n) is 3.51. The van der Waals surface area contributed by atoms with Crippen LogP contribution in [0.3, 0.4) is 0 Å². The van der Waals surface area contributed by atoms with Gasteiger partial charge in [0.05, 0.1) is 6.54 Å². The zero-order chi connectivity index (χ0) is 15.2.